The number of fused-ring (bicyclic) bond motifs is 4. The molecule has 1 N–H and O–H groups in total. The summed E-state index contributed by atoms with van der Waals surface area (Å²) in [6, 6.07) is 14.0. The summed E-state index contributed by atoms with van der Waals surface area (Å²) in [5.41, 5.74) is 11.1. The van der Waals surface area contributed by atoms with Crippen molar-refractivity contribution >= 4 is 32.5 Å². The lowest BCUT2D eigenvalue weighted by molar-refractivity contribution is 0.472. The molecule has 10 heteroatoms. The molecule has 0 bridgehead atoms. The summed E-state index contributed by atoms with van der Waals surface area (Å²) < 4.78 is 60.3. The Kier molecular flexibility index (Phi) is 7.35. The maximum atomic E-state index is 11.5. The van der Waals surface area contributed by atoms with Crippen LogP contribution in [0.15, 0.2) is 47.4 Å². The van der Waals surface area contributed by atoms with Crippen molar-refractivity contribution in [2.75, 3.05) is 24.5 Å². The molecule has 3 heterocycles. The Bertz CT molecular complexity index is 1940. The van der Waals surface area contributed by atoms with E-state index in [1.807, 2.05) is 12.1 Å². The summed E-state index contributed by atoms with van der Waals surface area (Å²) in [4.78, 5) is 2.38. The minimum Gasteiger partial charge on any atom is -0.367 e. The quantitative estimate of drug-likeness (QED) is 0.360. The van der Waals surface area contributed by atoms with E-state index < -0.39 is 20.7 Å². The van der Waals surface area contributed by atoms with Gasteiger partial charge in [-0.1, -0.05) is 26.0 Å². The SMILES string of the molecule is CC1(C)c2cc3c(cc2C=c2cc4c5c(c21)CCC[N+]=5CCC4)CCCN3Cc1ccc(S(=O)(=O)O)cc1.O=S(=O)=O. The molecule has 4 aliphatic rings. The van der Waals surface area contributed by atoms with Gasteiger partial charge in [0.2, 0.25) is 5.36 Å². The fourth-order valence-corrected chi connectivity index (χ4v) is 8.06. The van der Waals surface area contributed by atoms with Gasteiger partial charge >= 0.3 is 10.6 Å². The normalized spacial score (nSPS) is 17.9. The molecule has 8 nitrogen and oxygen atoms in total. The molecule has 0 saturated carbocycles. The van der Waals surface area contributed by atoms with Crippen LogP contribution in [0.2, 0.25) is 0 Å². The van der Waals surface area contributed by atoms with E-state index in [1.54, 1.807) is 16.5 Å². The Balaban J connectivity index is 0.000000744. The molecule has 3 aromatic rings. The predicted molar refractivity (Wildman–Crippen MR) is 161 cm³/mol. The Morgan fingerprint density at radius 1 is 0.929 bits per heavy atom. The van der Waals surface area contributed by atoms with E-state index in [0.717, 1.165) is 24.9 Å². The largest absolute Gasteiger partial charge is 0.425 e. The Morgan fingerprint density at radius 2 is 1.60 bits per heavy atom. The summed E-state index contributed by atoms with van der Waals surface area (Å²) in [5, 5.41) is 2.96. The number of hydrogen-bond acceptors (Lipinski definition) is 6. The van der Waals surface area contributed by atoms with E-state index in [0.29, 0.717) is 6.54 Å². The van der Waals surface area contributed by atoms with Crippen molar-refractivity contribution in [3.63, 3.8) is 0 Å². The summed E-state index contributed by atoms with van der Waals surface area (Å²) in [7, 11) is -7.29. The first-order valence-electron chi connectivity index (χ1n) is 14.5. The van der Waals surface area contributed by atoms with Crippen LogP contribution in [0.5, 0.6) is 0 Å². The molecule has 3 aromatic carbocycles. The van der Waals surface area contributed by atoms with Crippen molar-refractivity contribution < 1.29 is 25.6 Å². The highest BCUT2D eigenvalue weighted by atomic mass is 32.2. The molecular weight excluding hydrogens is 572 g/mol. The lowest BCUT2D eigenvalue weighted by atomic mass is 9.68. The molecule has 0 aromatic heterocycles. The summed E-state index contributed by atoms with van der Waals surface area (Å²) >= 11 is 0. The van der Waals surface area contributed by atoms with Gasteiger partial charge < -0.3 is 4.90 Å². The van der Waals surface area contributed by atoms with Gasteiger partial charge in [-0.25, -0.2) is 4.58 Å². The molecule has 0 radical (unpaired) electrons. The fourth-order valence-electron chi connectivity index (χ4n) is 7.58. The summed E-state index contributed by atoms with van der Waals surface area (Å²) in [5.74, 6) is 0. The summed E-state index contributed by atoms with van der Waals surface area (Å²) in [6.07, 6.45) is 9.48. The van der Waals surface area contributed by atoms with Gasteiger partial charge in [-0.15, -0.1) is 12.6 Å². The molecule has 0 amide bonds. The zero-order valence-electron chi connectivity index (χ0n) is 23.9. The topological polar surface area (TPSA) is 112 Å². The van der Waals surface area contributed by atoms with Crippen LogP contribution >= 0.6 is 0 Å². The smallest absolute Gasteiger partial charge is 0.367 e. The highest BCUT2D eigenvalue weighted by molar-refractivity contribution is 7.85. The Labute approximate surface area is 247 Å². The first-order valence-corrected chi connectivity index (χ1v) is 16.9. The van der Waals surface area contributed by atoms with E-state index in [9.17, 15) is 13.0 Å². The van der Waals surface area contributed by atoms with Crippen LogP contribution in [0.25, 0.3) is 6.08 Å². The number of hydrogen-bond donors (Lipinski definition) is 1. The van der Waals surface area contributed by atoms with Crippen LogP contribution in [0.1, 0.15) is 72.1 Å². The number of rotatable bonds is 3. The van der Waals surface area contributed by atoms with Crippen LogP contribution < -0.4 is 20.1 Å². The number of benzene rings is 3. The monoisotopic (exact) mass is 607 g/mol. The fraction of sp³-hybridized carbons (Fsp3) is 0.406. The van der Waals surface area contributed by atoms with Crippen LogP contribution in [0.3, 0.4) is 0 Å². The highest BCUT2D eigenvalue weighted by Crippen LogP contribution is 2.42. The van der Waals surface area contributed by atoms with Crippen molar-refractivity contribution in [3.8, 4) is 0 Å². The van der Waals surface area contributed by atoms with Gasteiger partial charge in [0.25, 0.3) is 10.1 Å². The van der Waals surface area contributed by atoms with Crippen molar-refractivity contribution in [1.82, 2.24) is 4.58 Å². The van der Waals surface area contributed by atoms with Crippen molar-refractivity contribution in [3.05, 3.63) is 92.0 Å². The van der Waals surface area contributed by atoms with Gasteiger partial charge in [-0.2, -0.15) is 8.42 Å². The molecule has 0 fully saturated rings. The van der Waals surface area contributed by atoms with E-state index in [1.165, 1.54) is 84.1 Å². The maximum Gasteiger partial charge on any atom is 0.425 e. The molecule has 1 aliphatic carbocycles. The molecule has 7 rings (SSSR count). The molecule has 3 aliphatic heterocycles. The van der Waals surface area contributed by atoms with Gasteiger partial charge in [0, 0.05) is 48.2 Å². The Hall–Kier alpha value is -3.34. The second-order valence-electron chi connectivity index (χ2n) is 12.2. The molecule has 220 valence electrons. The first-order chi connectivity index (χ1) is 19.9. The minimum absolute atomic E-state index is 0.0602. The standard InChI is InChI=1S/C32H34N2O3S.O3S/c1-32(2)28-19-29-22(6-3-15-34(29)20-21-9-11-26(12-10-21)38(35,36)37)16-24(28)18-25-17-23-7-4-13-33-14-5-8-27(30(25)32)31(23)33;1-4(2)3/h9-12,16-19H,3-8,13-15,20H2,1-2H3;/p+1. The van der Waals surface area contributed by atoms with E-state index in [-0.39, 0.29) is 10.3 Å². The van der Waals surface area contributed by atoms with Crippen molar-refractivity contribution in [1.29, 1.82) is 0 Å². The van der Waals surface area contributed by atoms with Crippen LogP contribution in [-0.2, 0) is 51.9 Å². The molecule has 42 heavy (non-hydrogen) atoms. The average Bonchev–Trinajstić information content (AvgIpc) is 2.92. The predicted octanol–water partition coefficient (Wildman–Crippen LogP) is 2.73. The molecule has 0 saturated heterocycles. The highest BCUT2D eigenvalue weighted by Gasteiger charge is 2.37. The van der Waals surface area contributed by atoms with Gasteiger partial charge in [0.1, 0.15) is 13.1 Å². The zero-order chi connectivity index (χ0) is 29.8. The average molecular weight is 608 g/mol. The third-order valence-electron chi connectivity index (χ3n) is 9.22. The second-order valence-corrected chi connectivity index (χ2v) is 14.0. The van der Waals surface area contributed by atoms with Gasteiger partial charge in [-0.05, 0) is 95.1 Å². The number of nitrogens with zero attached hydrogens (tertiary/aromatic N) is 2. The number of aryl methyl sites for hydroxylation is 2. The minimum atomic E-state index is -4.18. The zero-order valence-corrected chi connectivity index (χ0v) is 25.5. The molecule has 0 spiro atoms. The maximum absolute atomic E-state index is 11.5. The third kappa shape index (κ3) is 5.20. The third-order valence-corrected chi connectivity index (χ3v) is 10.1. The summed E-state index contributed by atoms with van der Waals surface area (Å²) in [6.45, 7) is 8.89. The van der Waals surface area contributed by atoms with Crippen LogP contribution in [0.4, 0.5) is 5.69 Å². The van der Waals surface area contributed by atoms with E-state index in [2.05, 4.69) is 47.6 Å². The van der Waals surface area contributed by atoms with Gasteiger partial charge in [0.15, 0.2) is 0 Å². The van der Waals surface area contributed by atoms with Crippen molar-refractivity contribution in [2.24, 2.45) is 0 Å². The molecular formula is C32H35N2O6S2+. The first kappa shape index (κ1) is 28.8. The van der Waals surface area contributed by atoms with E-state index in [4.69, 9.17) is 12.6 Å². The van der Waals surface area contributed by atoms with Crippen molar-refractivity contribution in [2.45, 2.75) is 69.2 Å². The van der Waals surface area contributed by atoms with Gasteiger partial charge in [0.05, 0.1) is 4.90 Å². The number of anilines is 1. The van der Waals surface area contributed by atoms with E-state index >= 15 is 0 Å². The lowest BCUT2D eigenvalue weighted by Crippen LogP contribution is -2.48. The molecule has 0 atom stereocenters. The second kappa shape index (κ2) is 10.7. The Morgan fingerprint density at radius 3 is 2.29 bits per heavy atom. The lowest BCUT2D eigenvalue weighted by Gasteiger charge is -2.38. The van der Waals surface area contributed by atoms with Gasteiger partial charge in [-0.3, -0.25) is 4.55 Å². The van der Waals surface area contributed by atoms with Crippen LogP contribution in [0, 0.1) is 0 Å². The molecule has 0 unspecified atom stereocenters. The van der Waals surface area contributed by atoms with Crippen LogP contribution in [-0.4, -0.2) is 45.2 Å².